The van der Waals surface area contributed by atoms with Crippen molar-refractivity contribution in [2.75, 3.05) is 13.7 Å². The smallest absolute Gasteiger partial charge is 0.326 e. The van der Waals surface area contributed by atoms with Crippen molar-refractivity contribution in [1.29, 1.82) is 0 Å². The van der Waals surface area contributed by atoms with Crippen molar-refractivity contribution in [2.24, 2.45) is 5.92 Å². The first-order chi connectivity index (χ1) is 10.8. The fourth-order valence-electron chi connectivity index (χ4n) is 1.82. The lowest BCUT2D eigenvalue weighted by molar-refractivity contribution is -0.142. The summed E-state index contributed by atoms with van der Waals surface area (Å²) in [4.78, 5) is 34.6. The number of carboxylic acids is 1. The predicted octanol–water partition coefficient (Wildman–Crippen LogP) is 0.166. The van der Waals surface area contributed by atoms with Crippen molar-refractivity contribution in [1.82, 2.24) is 15.8 Å². The Morgan fingerprint density at radius 1 is 1.39 bits per heavy atom. The molecule has 0 spiro atoms. The molecule has 0 radical (unpaired) electrons. The molecule has 1 aromatic rings. The molecule has 1 atom stereocenters. The van der Waals surface area contributed by atoms with Crippen LogP contribution in [0.3, 0.4) is 0 Å². The van der Waals surface area contributed by atoms with Crippen LogP contribution in [0.2, 0.25) is 0 Å². The molecule has 23 heavy (non-hydrogen) atoms. The summed E-state index contributed by atoms with van der Waals surface area (Å²) in [6.45, 7) is 3.53. The number of aromatic nitrogens is 1. The Labute approximate surface area is 133 Å². The summed E-state index contributed by atoms with van der Waals surface area (Å²) in [6.07, 6.45) is 0.304. The highest BCUT2D eigenvalue weighted by Crippen LogP contribution is 2.05. The van der Waals surface area contributed by atoms with Gasteiger partial charge in [0.2, 0.25) is 5.91 Å². The molecule has 0 unspecified atom stereocenters. The molecule has 0 aliphatic heterocycles. The molecule has 0 aliphatic carbocycles. The number of amides is 2. The number of hydrogen-bond acceptors (Lipinski definition) is 6. The fourth-order valence-corrected chi connectivity index (χ4v) is 1.82. The predicted molar refractivity (Wildman–Crippen MR) is 78.6 cm³/mol. The van der Waals surface area contributed by atoms with Crippen molar-refractivity contribution in [3.05, 3.63) is 17.5 Å². The summed E-state index contributed by atoms with van der Waals surface area (Å²) in [6, 6.07) is 0.412. The van der Waals surface area contributed by atoms with Gasteiger partial charge in [-0.25, -0.2) is 4.79 Å². The average molecular weight is 327 g/mol. The SMILES string of the molecule is COCc1cc(C(=O)NCC(=O)N[C@@H](CC(C)C)C(=O)O)no1. The molecular formula is C14H21N3O6. The van der Waals surface area contributed by atoms with Gasteiger partial charge in [-0.15, -0.1) is 0 Å². The minimum absolute atomic E-state index is 0.0156. The molecule has 0 aromatic carbocycles. The van der Waals surface area contributed by atoms with Crippen LogP contribution in [0.15, 0.2) is 10.6 Å². The summed E-state index contributed by atoms with van der Waals surface area (Å²) in [5, 5.41) is 17.3. The normalized spacial score (nSPS) is 12.0. The summed E-state index contributed by atoms with van der Waals surface area (Å²) in [5.74, 6) is -1.81. The quantitative estimate of drug-likeness (QED) is 0.589. The van der Waals surface area contributed by atoms with Gasteiger partial charge < -0.3 is 25.0 Å². The Kier molecular flexibility index (Phi) is 7.20. The standard InChI is InChI=1S/C14H21N3O6/c1-8(2)4-11(14(20)21)16-12(18)6-15-13(19)10-5-9(7-22-3)23-17-10/h5,8,11H,4,6-7H2,1-3H3,(H,15,19)(H,16,18)(H,20,21)/t11-/m0/s1. The van der Waals surface area contributed by atoms with Gasteiger partial charge in [-0.1, -0.05) is 19.0 Å². The maximum absolute atomic E-state index is 11.8. The third kappa shape index (κ3) is 6.47. The molecular weight excluding hydrogens is 306 g/mol. The van der Waals surface area contributed by atoms with E-state index < -0.39 is 23.8 Å². The van der Waals surface area contributed by atoms with E-state index in [0.29, 0.717) is 12.2 Å². The van der Waals surface area contributed by atoms with Crippen molar-refractivity contribution in [3.63, 3.8) is 0 Å². The van der Waals surface area contributed by atoms with Gasteiger partial charge in [0.05, 0.1) is 6.54 Å². The first-order valence-electron chi connectivity index (χ1n) is 7.08. The molecule has 9 heteroatoms. The van der Waals surface area contributed by atoms with Gasteiger partial charge in [0.25, 0.3) is 5.91 Å². The van der Waals surface area contributed by atoms with E-state index in [4.69, 9.17) is 14.4 Å². The number of carbonyl (C=O) groups is 3. The van der Waals surface area contributed by atoms with E-state index >= 15 is 0 Å². The molecule has 0 saturated heterocycles. The number of nitrogens with zero attached hydrogens (tertiary/aromatic N) is 1. The zero-order chi connectivity index (χ0) is 17.4. The van der Waals surface area contributed by atoms with Crippen LogP contribution in [0, 0.1) is 5.92 Å². The van der Waals surface area contributed by atoms with Crippen LogP contribution in [0.4, 0.5) is 0 Å². The highest BCUT2D eigenvalue weighted by Gasteiger charge is 2.21. The largest absolute Gasteiger partial charge is 0.480 e. The Morgan fingerprint density at radius 2 is 2.09 bits per heavy atom. The fraction of sp³-hybridized carbons (Fsp3) is 0.571. The molecule has 0 fully saturated rings. The minimum Gasteiger partial charge on any atom is -0.480 e. The average Bonchev–Trinajstić information content (AvgIpc) is 2.92. The molecule has 3 N–H and O–H groups in total. The van der Waals surface area contributed by atoms with Crippen LogP contribution in [0.1, 0.15) is 36.5 Å². The van der Waals surface area contributed by atoms with Gasteiger partial charge in [-0.3, -0.25) is 9.59 Å². The molecule has 2 amide bonds. The number of carboxylic acid groups (broad SMARTS) is 1. The molecule has 1 rings (SSSR count). The molecule has 1 heterocycles. The van der Waals surface area contributed by atoms with Crippen LogP contribution >= 0.6 is 0 Å². The summed E-state index contributed by atoms with van der Waals surface area (Å²) in [7, 11) is 1.47. The second-order valence-electron chi connectivity index (χ2n) is 5.38. The van der Waals surface area contributed by atoms with E-state index in [1.807, 2.05) is 13.8 Å². The van der Waals surface area contributed by atoms with Crippen LogP contribution in [-0.4, -0.2) is 47.7 Å². The third-order valence-electron chi connectivity index (χ3n) is 2.83. The van der Waals surface area contributed by atoms with Gasteiger partial charge in [0.1, 0.15) is 12.6 Å². The number of rotatable bonds is 9. The van der Waals surface area contributed by atoms with Crippen molar-refractivity contribution < 1.29 is 28.8 Å². The maximum atomic E-state index is 11.8. The van der Waals surface area contributed by atoms with Gasteiger partial charge in [0, 0.05) is 13.2 Å². The number of nitrogens with one attached hydrogen (secondary N) is 2. The van der Waals surface area contributed by atoms with Crippen LogP contribution in [0.25, 0.3) is 0 Å². The van der Waals surface area contributed by atoms with Crippen LogP contribution in [-0.2, 0) is 20.9 Å². The number of methoxy groups -OCH3 is 1. The minimum atomic E-state index is -1.11. The zero-order valence-corrected chi connectivity index (χ0v) is 13.3. The first kappa shape index (κ1) is 18.6. The Morgan fingerprint density at radius 3 is 2.65 bits per heavy atom. The lowest BCUT2D eigenvalue weighted by Gasteiger charge is -2.16. The van der Waals surface area contributed by atoms with E-state index in [1.165, 1.54) is 13.2 Å². The summed E-state index contributed by atoms with van der Waals surface area (Å²) in [5.41, 5.74) is 0.0156. The second kappa shape index (κ2) is 8.89. The zero-order valence-electron chi connectivity index (χ0n) is 13.3. The van der Waals surface area contributed by atoms with Crippen LogP contribution < -0.4 is 10.6 Å². The number of hydrogen-bond donors (Lipinski definition) is 3. The second-order valence-corrected chi connectivity index (χ2v) is 5.38. The summed E-state index contributed by atoms with van der Waals surface area (Å²) < 4.78 is 9.69. The van der Waals surface area contributed by atoms with Crippen LogP contribution in [0.5, 0.6) is 0 Å². The molecule has 0 aliphatic rings. The van der Waals surface area contributed by atoms with Gasteiger partial charge in [-0.2, -0.15) is 0 Å². The van der Waals surface area contributed by atoms with Gasteiger partial charge in [0.15, 0.2) is 11.5 Å². The highest BCUT2D eigenvalue weighted by molar-refractivity contribution is 5.95. The number of aliphatic carboxylic acids is 1. The Balaban J connectivity index is 2.47. The molecule has 0 bridgehead atoms. The molecule has 128 valence electrons. The number of carbonyl (C=O) groups excluding carboxylic acids is 2. The van der Waals surface area contributed by atoms with E-state index in [9.17, 15) is 14.4 Å². The van der Waals surface area contributed by atoms with Crippen molar-refractivity contribution in [3.8, 4) is 0 Å². The van der Waals surface area contributed by atoms with E-state index in [0.717, 1.165) is 0 Å². The molecule has 1 aromatic heterocycles. The van der Waals surface area contributed by atoms with E-state index in [1.54, 1.807) is 0 Å². The van der Waals surface area contributed by atoms with E-state index in [2.05, 4.69) is 15.8 Å². The topological polar surface area (TPSA) is 131 Å². The lowest BCUT2D eigenvalue weighted by atomic mass is 10.0. The van der Waals surface area contributed by atoms with Gasteiger partial charge in [-0.05, 0) is 12.3 Å². The molecule has 9 nitrogen and oxygen atoms in total. The lowest BCUT2D eigenvalue weighted by Crippen LogP contribution is -2.46. The maximum Gasteiger partial charge on any atom is 0.326 e. The summed E-state index contributed by atoms with van der Waals surface area (Å²) >= 11 is 0. The van der Waals surface area contributed by atoms with Crippen molar-refractivity contribution >= 4 is 17.8 Å². The molecule has 0 saturated carbocycles. The third-order valence-corrected chi connectivity index (χ3v) is 2.83. The monoisotopic (exact) mass is 327 g/mol. The first-order valence-corrected chi connectivity index (χ1v) is 7.08. The van der Waals surface area contributed by atoms with Crippen molar-refractivity contribution in [2.45, 2.75) is 32.9 Å². The highest BCUT2D eigenvalue weighted by atomic mass is 16.5. The van der Waals surface area contributed by atoms with E-state index in [-0.39, 0.29) is 24.8 Å². The Hall–Kier alpha value is -2.42. The number of ether oxygens (including phenoxy) is 1. The van der Waals surface area contributed by atoms with Gasteiger partial charge >= 0.3 is 5.97 Å². The Bertz CT molecular complexity index is 554.